The third-order valence-electron chi connectivity index (χ3n) is 6.40. The average molecular weight is 644 g/mol. The van der Waals surface area contributed by atoms with Gasteiger partial charge in [-0.3, -0.25) is 18.7 Å². The minimum absolute atomic E-state index is 0.0799. The Morgan fingerprint density at radius 3 is 1.98 bits per heavy atom. The summed E-state index contributed by atoms with van der Waals surface area (Å²) in [6.45, 7) is 2.56. The van der Waals surface area contributed by atoms with Crippen LogP contribution >= 0.6 is 0 Å². The molecule has 0 heterocycles. The number of hydrogen-bond acceptors (Lipinski definition) is 8. The van der Waals surface area contributed by atoms with Crippen molar-refractivity contribution in [3.63, 3.8) is 0 Å². The van der Waals surface area contributed by atoms with E-state index >= 15 is 0 Å². The van der Waals surface area contributed by atoms with Crippen LogP contribution in [-0.2, 0) is 24.4 Å². The number of hydrazone groups is 1. The first-order valence-corrected chi connectivity index (χ1v) is 15.4. The molecular weight excluding hydrogens is 610 g/mol. The molecule has 0 saturated heterocycles. The van der Waals surface area contributed by atoms with Gasteiger partial charge in [0.2, 0.25) is 5.91 Å². The maximum Gasteiger partial charge on any atom is 0.264 e. The topological polar surface area (TPSA) is 155 Å². The van der Waals surface area contributed by atoms with Gasteiger partial charge in [0, 0.05) is 18.3 Å². The van der Waals surface area contributed by atoms with E-state index < -0.39 is 22.5 Å². The number of amides is 3. The van der Waals surface area contributed by atoms with E-state index in [1.165, 1.54) is 56.6 Å². The molecule has 0 bridgehead atoms. The molecule has 13 heteroatoms. The lowest BCUT2D eigenvalue weighted by atomic mass is 10.2. The smallest absolute Gasteiger partial charge is 0.264 e. The fourth-order valence-corrected chi connectivity index (χ4v) is 5.50. The number of methoxy groups -OCH3 is 1. The Balaban J connectivity index is 1.37. The largest absolute Gasteiger partial charge is 0.497 e. The van der Waals surface area contributed by atoms with Gasteiger partial charge in [0.1, 0.15) is 18.0 Å². The molecule has 0 fully saturated rings. The number of carbonyl (C=O) groups excluding carboxylic acids is 3. The molecule has 4 aromatic rings. The van der Waals surface area contributed by atoms with Crippen molar-refractivity contribution in [2.24, 2.45) is 5.10 Å². The summed E-state index contributed by atoms with van der Waals surface area (Å²) >= 11 is 0. The first-order chi connectivity index (χ1) is 22.0. The van der Waals surface area contributed by atoms with Crippen molar-refractivity contribution >= 4 is 51.0 Å². The van der Waals surface area contributed by atoms with Crippen LogP contribution in [0.15, 0.2) is 107 Å². The lowest BCUT2D eigenvalue weighted by molar-refractivity contribution is -0.119. The fourth-order valence-electron chi connectivity index (χ4n) is 4.08. The average Bonchev–Trinajstić information content (AvgIpc) is 3.04. The predicted molar refractivity (Wildman–Crippen MR) is 176 cm³/mol. The third kappa shape index (κ3) is 9.40. The lowest BCUT2D eigenvalue weighted by Crippen LogP contribution is -2.39. The van der Waals surface area contributed by atoms with Crippen LogP contribution in [0.3, 0.4) is 0 Å². The van der Waals surface area contributed by atoms with Crippen LogP contribution in [0.1, 0.15) is 18.1 Å². The van der Waals surface area contributed by atoms with Crippen LogP contribution in [0.25, 0.3) is 0 Å². The summed E-state index contributed by atoms with van der Waals surface area (Å²) in [5.74, 6) is -0.312. The van der Waals surface area contributed by atoms with E-state index in [4.69, 9.17) is 9.47 Å². The molecule has 0 aliphatic rings. The number of benzene rings is 4. The van der Waals surface area contributed by atoms with Gasteiger partial charge in [-0.05, 0) is 97.4 Å². The summed E-state index contributed by atoms with van der Waals surface area (Å²) in [7, 11) is -2.72. The van der Waals surface area contributed by atoms with E-state index in [2.05, 4.69) is 21.2 Å². The molecular formula is C33H33N5O7S. The van der Waals surface area contributed by atoms with E-state index in [9.17, 15) is 22.8 Å². The Morgan fingerprint density at radius 1 is 0.783 bits per heavy atom. The number of rotatable bonds is 13. The summed E-state index contributed by atoms with van der Waals surface area (Å²) in [4.78, 5) is 36.3. The van der Waals surface area contributed by atoms with Gasteiger partial charge in [-0.25, -0.2) is 13.8 Å². The van der Waals surface area contributed by atoms with Crippen LogP contribution in [-0.4, -0.2) is 52.6 Å². The second-order valence-electron chi connectivity index (χ2n) is 9.98. The van der Waals surface area contributed by atoms with Crippen molar-refractivity contribution in [3.05, 3.63) is 108 Å². The monoisotopic (exact) mass is 643 g/mol. The molecule has 46 heavy (non-hydrogen) atoms. The van der Waals surface area contributed by atoms with E-state index in [1.54, 1.807) is 36.4 Å². The van der Waals surface area contributed by atoms with Gasteiger partial charge in [-0.15, -0.1) is 0 Å². The van der Waals surface area contributed by atoms with Crippen molar-refractivity contribution < 1.29 is 32.3 Å². The molecule has 12 nitrogen and oxygen atoms in total. The maximum absolute atomic E-state index is 13.6. The Bertz CT molecular complexity index is 1790. The van der Waals surface area contributed by atoms with Gasteiger partial charge in [0.15, 0.2) is 6.61 Å². The third-order valence-corrected chi connectivity index (χ3v) is 8.19. The highest BCUT2D eigenvalue weighted by atomic mass is 32.2. The number of hydrogen-bond donors (Lipinski definition) is 3. The molecule has 4 rings (SSSR count). The predicted octanol–water partition coefficient (Wildman–Crippen LogP) is 4.33. The highest BCUT2D eigenvalue weighted by molar-refractivity contribution is 7.92. The van der Waals surface area contributed by atoms with Crippen LogP contribution in [0.2, 0.25) is 0 Å². The van der Waals surface area contributed by atoms with Gasteiger partial charge < -0.3 is 20.1 Å². The van der Waals surface area contributed by atoms with E-state index in [0.717, 1.165) is 9.87 Å². The van der Waals surface area contributed by atoms with Gasteiger partial charge in [0.05, 0.1) is 23.9 Å². The standard InChI is InChI=1S/C33H33N5O7S/c1-23-4-8-27(9-5-23)36-33(41)22-45-30-14-6-25(7-15-30)20-34-37-32(40)21-38(28-12-16-29(44-3)17-13-28)46(42,43)31-18-10-26(11-19-31)35-24(2)39/h4-20H,21-22H2,1-3H3,(H,35,39)(H,36,41)(H,37,40)/b34-20+. The Labute approximate surface area is 267 Å². The number of anilines is 3. The summed E-state index contributed by atoms with van der Waals surface area (Å²) in [6, 6.07) is 25.9. The summed E-state index contributed by atoms with van der Waals surface area (Å²) in [6.07, 6.45) is 1.39. The minimum atomic E-state index is -4.20. The molecule has 3 amide bonds. The van der Waals surface area contributed by atoms with Crippen LogP contribution in [0.5, 0.6) is 11.5 Å². The normalized spacial score (nSPS) is 11.0. The molecule has 238 valence electrons. The van der Waals surface area contributed by atoms with Crippen molar-refractivity contribution in [1.82, 2.24) is 5.43 Å². The maximum atomic E-state index is 13.6. The Kier molecular flexibility index (Phi) is 11.1. The van der Waals surface area contributed by atoms with E-state index in [1.807, 2.05) is 31.2 Å². The van der Waals surface area contributed by atoms with Gasteiger partial charge in [-0.1, -0.05) is 17.7 Å². The quantitative estimate of drug-likeness (QED) is 0.145. The van der Waals surface area contributed by atoms with Crippen LogP contribution in [0.4, 0.5) is 17.1 Å². The zero-order valence-electron chi connectivity index (χ0n) is 25.4. The highest BCUT2D eigenvalue weighted by Gasteiger charge is 2.27. The summed E-state index contributed by atoms with van der Waals surface area (Å²) in [5.41, 5.74) is 5.40. The molecule has 0 aliphatic carbocycles. The lowest BCUT2D eigenvalue weighted by Gasteiger charge is -2.24. The number of carbonyl (C=O) groups is 3. The molecule has 0 atom stereocenters. The number of nitrogens with one attached hydrogen (secondary N) is 3. The molecule has 0 saturated carbocycles. The molecule has 3 N–H and O–H groups in total. The zero-order valence-corrected chi connectivity index (χ0v) is 26.2. The van der Waals surface area contributed by atoms with E-state index in [-0.39, 0.29) is 29.0 Å². The number of nitrogens with zero attached hydrogens (tertiary/aromatic N) is 2. The SMILES string of the molecule is COc1ccc(N(CC(=O)N/N=C/c2ccc(OCC(=O)Nc3ccc(C)cc3)cc2)S(=O)(=O)c2ccc(NC(C)=O)cc2)cc1. The molecule has 0 unspecified atom stereocenters. The zero-order chi connectivity index (χ0) is 33.1. The number of aryl methyl sites for hydroxylation is 1. The Hall–Kier alpha value is -5.69. The van der Waals surface area contributed by atoms with Gasteiger partial charge in [-0.2, -0.15) is 5.10 Å². The molecule has 0 spiro atoms. The highest BCUT2D eigenvalue weighted by Crippen LogP contribution is 2.26. The van der Waals surface area contributed by atoms with Crippen LogP contribution < -0.4 is 29.8 Å². The van der Waals surface area contributed by atoms with Crippen molar-refractivity contribution in [2.45, 2.75) is 18.7 Å². The number of sulfonamides is 1. The van der Waals surface area contributed by atoms with Crippen LogP contribution in [0, 0.1) is 6.92 Å². The second-order valence-corrected chi connectivity index (χ2v) is 11.8. The molecule has 0 aromatic heterocycles. The van der Waals surface area contributed by atoms with Gasteiger partial charge >= 0.3 is 0 Å². The van der Waals surface area contributed by atoms with Crippen molar-refractivity contribution in [1.29, 1.82) is 0 Å². The summed E-state index contributed by atoms with van der Waals surface area (Å²) in [5, 5.41) is 9.30. The fraction of sp³-hybridized carbons (Fsp3) is 0.152. The first-order valence-electron chi connectivity index (χ1n) is 14.0. The van der Waals surface area contributed by atoms with Crippen molar-refractivity contribution in [3.8, 4) is 11.5 Å². The first kappa shape index (κ1) is 33.2. The van der Waals surface area contributed by atoms with Gasteiger partial charge in [0.25, 0.3) is 21.8 Å². The summed E-state index contributed by atoms with van der Waals surface area (Å²) < 4.78 is 38.9. The molecule has 0 radical (unpaired) electrons. The number of ether oxygens (including phenoxy) is 2. The second kappa shape index (κ2) is 15.3. The minimum Gasteiger partial charge on any atom is -0.497 e. The van der Waals surface area contributed by atoms with E-state index in [0.29, 0.717) is 28.4 Å². The molecule has 4 aromatic carbocycles. The Morgan fingerprint density at radius 2 is 1.37 bits per heavy atom. The van der Waals surface area contributed by atoms with Crippen molar-refractivity contribution in [2.75, 3.05) is 35.2 Å². The molecule has 0 aliphatic heterocycles.